The number of hydrogen-bond donors (Lipinski definition) is 2. The van der Waals surface area contributed by atoms with Gasteiger partial charge in [-0.3, -0.25) is 19.8 Å². The fraction of sp³-hybridized carbons (Fsp3) is 0.615. The Balaban J connectivity index is 2.58. The van der Waals surface area contributed by atoms with Gasteiger partial charge in [0.15, 0.2) is 0 Å². The summed E-state index contributed by atoms with van der Waals surface area (Å²) in [6, 6.07) is 1.67. The number of aromatic nitrogens is 1. The van der Waals surface area contributed by atoms with Crippen LogP contribution in [0.25, 0.3) is 0 Å². The molecule has 0 unspecified atom stereocenters. The number of carbonyl (C=O) groups is 2. The summed E-state index contributed by atoms with van der Waals surface area (Å²) < 4.78 is 5.04. The fourth-order valence-corrected chi connectivity index (χ4v) is 1.54. The second-order valence-corrected chi connectivity index (χ2v) is 5.57. The third-order valence-corrected chi connectivity index (χ3v) is 2.71. The van der Waals surface area contributed by atoms with Gasteiger partial charge in [-0.15, -0.1) is 0 Å². The predicted molar refractivity (Wildman–Crippen MR) is 73.6 cm³/mol. The van der Waals surface area contributed by atoms with Gasteiger partial charge >= 0.3 is 5.97 Å². The van der Waals surface area contributed by atoms with Crippen molar-refractivity contribution in [2.45, 2.75) is 33.1 Å². The van der Waals surface area contributed by atoms with Crippen LogP contribution in [0.4, 0.5) is 5.88 Å². The monoisotopic (exact) mass is 283 g/mol. The zero-order chi connectivity index (χ0) is 15.3. The number of carboxylic acids is 1. The van der Waals surface area contributed by atoms with E-state index in [2.05, 4.69) is 10.5 Å². The van der Waals surface area contributed by atoms with Gasteiger partial charge in [-0.25, -0.2) is 0 Å². The number of carbonyl (C=O) groups excluding carboxylic acids is 1. The van der Waals surface area contributed by atoms with Gasteiger partial charge in [0.25, 0.3) is 0 Å². The van der Waals surface area contributed by atoms with Gasteiger partial charge in [-0.1, -0.05) is 32.9 Å². The van der Waals surface area contributed by atoms with Crippen molar-refractivity contribution in [2.24, 2.45) is 0 Å². The molecule has 20 heavy (non-hydrogen) atoms. The highest BCUT2D eigenvalue weighted by atomic mass is 16.5. The smallest absolute Gasteiger partial charge is 0.317 e. The Morgan fingerprint density at radius 3 is 2.50 bits per heavy atom. The largest absolute Gasteiger partial charge is 0.480 e. The number of anilines is 1. The van der Waals surface area contributed by atoms with Crippen molar-refractivity contribution in [3.05, 3.63) is 11.8 Å². The van der Waals surface area contributed by atoms with Gasteiger partial charge in [-0.05, 0) is 6.54 Å². The Morgan fingerprint density at radius 1 is 1.40 bits per heavy atom. The quantitative estimate of drug-likeness (QED) is 0.817. The molecule has 0 saturated heterocycles. The van der Waals surface area contributed by atoms with Crippen LogP contribution in [0.5, 0.6) is 0 Å². The van der Waals surface area contributed by atoms with E-state index in [0.717, 1.165) is 5.69 Å². The molecule has 0 saturated carbocycles. The summed E-state index contributed by atoms with van der Waals surface area (Å²) in [5.41, 5.74) is 0.580. The molecular formula is C13H21N3O4. The molecule has 1 aromatic rings. The van der Waals surface area contributed by atoms with Gasteiger partial charge in [0.1, 0.15) is 0 Å². The molecular weight excluding hydrogens is 262 g/mol. The molecule has 1 heterocycles. The first kappa shape index (κ1) is 16.2. The lowest BCUT2D eigenvalue weighted by molar-refractivity contribution is -0.138. The van der Waals surface area contributed by atoms with E-state index in [1.165, 1.54) is 4.90 Å². The minimum Gasteiger partial charge on any atom is -0.480 e. The highest BCUT2D eigenvalue weighted by molar-refractivity contribution is 5.91. The summed E-state index contributed by atoms with van der Waals surface area (Å²) in [5.74, 6) is -1.02. The molecule has 0 atom stereocenters. The maximum atomic E-state index is 11.8. The molecule has 0 aliphatic rings. The Hall–Kier alpha value is -1.89. The van der Waals surface area contributed by atoms with Crippen LogP contribution in [0.3, 0.4) is 0 Å². The molecule has 0 aromatic carbocycles. The first-order valence-corrected chi connectivity index (χ1v) is 6.43. The molecule has 0 spiro atoms. The molecule has 0 bridgehead atoms. The van der Waals surface area contributed by atoms with E-state index >= 15 is 0 Å². The van der Waals surface area contributed by atoms with E-state index in [-0.39, 0.29) is 30.3 Å². The van der Waals surface area contributed by atoms with Crippen LogP contribution < -0.4 is 5.32 Å². The average molecular weight is 283 g/mol. The summed E-state index contributed by atoms with van der Waals surface area (Å²) in [6.07, 6.45) is 0. The summed E-state index contributed by atoms with van der Waals surface area (Å²) >= 11 is 0. The van der Waals surface area contributed by atoms with Crippen molar-refractivity contribution in [1.29, 1.82) is 0 Å². The number of nitrogens with zero attached hydrogens (tertiary/aromatic N) is 2. The van der Waals surface area contributed by atoms with Crippen LogP contribution in [0.1, 0.15) is 33.4 Å². The zero-order valence-corrected chi connectivity index (χ0v) is 12.3. The number of nitrogens with one attached hydrogen (secondary N) is 1. The van der Waals surface area contributed by atoms with E-state index in [4.69, 9.17) is 9.63 Å². The average Bonchev–Trinajstić information content (AvgIpc) is 2.75. The lowest BCUT2D eigenvalue weighted by Gasteiger charge is -2.16. The molecule has 0 radical (unpaired) electrons. The molecule has 1 amide bonds. The molecule has 7 nitrogen and oxygen atoms in total. The summed E-state index contributed by atoms with van der Waals surface area (Å²) in [4.78, 5) is 23.9. The van der Waals surface area contributed by atoms with E-state index in [9.17, 15) is 9.59 Å². The standard InChI is InChI=1S/C13H21N3O4/c1-5-16(8-12(18)19)7-10(17)14-11-6-9(15-20-11)13(2,3)4/h6H,5,7-8H2,1-4H3,(H,14,17)(H,18,19). The second kappa shape index (κ2) is 6.51. The minimum atomic E-state index is -0.964. The van der Waals surface area contributed by atoms with E-state index < -0.39 is 5.97 Å². The van der Waals surface area contributed by atoms with Crippen molar-refractivity contribution >= 4 is 17.8 Å². The van der Waals surface area contributed by atoms with Crippen LogP contribution >= 0.6 is 0 Å². The normalized spacial score (nSPS) is 11.7. The van der Waals surface area contributed by atoms with Crippen LogP contribution in [-0.4, -0.2) is 46.7 Å². The van der Waals surface area contributed by atoms with Crippen LogP contribution in [0.2, 0.25) is 0 Å². The molecule has 7 heteroatoms. The van der Waals surface area contributed by atoms with Gasteiger partial charge in [-0.2, -0.15) is 0 Å². The van der Waals surface area contributed by atoms with Crippen molar-refractivity contribution < 1.29 is 19.2 Å². The van der Waals surface area contributed by atoms with Crippen molar-refractivity contribution in [3.8, 4) is 0 Å². The molecule has 1 aromatic heterocycles. The highest BCUT2D eigenvalue weighted by Gasteiger charge is 2.20. The van der Waals surface area contributed by atoms with Crippen molar-refractivity contribution in [1.82, 2.24) is 10.1 Å². The molecule has 1 rings (SSSR count). The molecule has 2 N–H and O–H groups in total. The van der Waals surface area contributed by atoms with Crippen LogP contribution in [0.15, 0.2) is 10.6 Å². The third-order valence-electron chi connectivity index (χ3n) is 2.71. The first-order chi connectivity index (χ1) is 9.22. The number of amides is 1. The zero-order valence-electron chi connectivity index (χ0n) is 12.3. The van der Waals surface area contributed by atoms with Gasteiger partial charge in [0.2, 0.25) is 11.8 Å². The highest BCUT2D eigenvalue weighted by Crippen LogP contribution is 2.23. The van der Waals surface area contributed by atoms with Crippen LogP contribution in [0, 0.1) is 0 Å². The van der Waals surface area contributed by atoms with E-state index in [1.807, 2.05) is 20.8 Å². The second-order valence-electron chi connectivity index (χ2n) is 5.57. The Bertz CT molecular complexity index is 476. The summed E-state index contributed by atoms with van der Waals surface area (Å²) in [5, 5.41) is 15.2. The number of rotatable bonds is 6. The summed E-state index contributed by atoms with van der Waals surface area (Å²) in [6.45, 7) is 8.06. The van der Waals surface area contributed by atoms with Crippen LogP contribution in [-0.2, 0) is 15.0 Å². The number of carboxylic acid groups (broad SMARTS) is 1. The molecule has 112 valence electrons. The van der Waals surface area contributed by atoms with Gasteiger partial charge in [0, 0.05) is 11.5 Å². The topological polar surface area (TPSA) is 95.7 Å². The van der Waals surface area contributed by atoms with Gasteiger partial charge < -0.3 is 9.63 Å². The van der Waals surface area contributed by atoms with Crippen molar-refractivity contribution in [3.63, 3.8) is 0 Å². The van der Waals surface area contributed by atoms with E-state index in [1.54, 1.807) is 13.0 Å². The number of likely N-dealkylation sites (N-methyl/N-ethyl adjacent to an activating group) is 1. The maximum Gasteiger partial charge on any atom is 0.317 e. The number of hydrogen-bond acceptors (Lipinski definition) is 5. The van der Waals surface area contributed by atoms with E-state index in [0.29, 0.717) is 6.54 Å². The fourth-order valence-electron chi connectivity index (χ4n) is 1.54. The molecule has 0 fully saturated rings. The Labute approximate surface area is 117 Å². The lowest BCUT2D eigenvalue weighted by atomic mass is 9.92. The third kappa shape index (κ3) is 5.00. The predicted octanol–water partition coefficient (Wildman–Crippen LogP) is 1.32. The molecule has 0 aliphatic carbocycles. The number of aliphatic carboxylic acids is 1. The Morgan fingerprint density at radius 2 is 2.05 bits per heavy atom. The SMILES string of the molecule is CCN(CC(=O)O)CC(=O)Nc1cc(C(C)(C)C)no1. The lowest BCUT2D eigenvalue weighted by Crippen LogP contribution is -2.36. The van der Waals surface area contributed by atoms with Gasteiger partial charge in [0.05, 0.1) is 18.8 Å². The Kier molecular flexibility index (Phi) is 5.26. The summed E-state index contributed by atoms with van der Waals surface area (Å²) in [7, 11) is 0. The minimum absolute atomic E-state index is 0.00560. The molecule has 0 aliphatic heterocycles. The first-order valence-electron chi connectivity index (χ1n) is 6.43. The van der Waals surface area contributed by atoms with Crippen molar-refractivity contribution in [2.75, 3.05) is 25.0 Å². The maximum absolute atomic E-state index is 11.8.